The highest BCUT2D eigenvalue weighted by Gasteiger charge is 2.23. The third-order valence-corrected chi connectivity index (χ3v) is 4.39. The summed E-state index contributed by atoms with van der Waals surface area (Å²) >= 11 is 0. The summed E-state index contributed by atoms with van der Waals surface area (Å²) in [5.41, 5.74) is 1.51. The van der Waals surface area contributed by atoms with Crippen molar-refractivity contribution in [1.82, 2.24) is 10.2 Å². The van der Waals surface area contributed by atoms with Crippen molar-refractivity contribution in [2.45, 2.75) is 45.1 Å². The van der Waals surface area contributed by atoms with E-state index in [2.05, 4.69) is 54.4 Å². The minimum atomic E-state index is 0.701. The van der Waals surface area contributed by atoms with Crippen molar-refractivity contribution in [3.63, 3.8) is 0 Å². The Bertz CT molecular complexity index is 346. The van der Waals surface area contributed by atoms with Gasteiger partial charge in [-0.1, -0.05) is 44.2 Å². The number of hydrogen-bond donors (Lipinski definition) is 1. The molecule has 2 nitrogen and oxygen atoms in total. The number of hydrogen-bond acceptors (Lipinski definition) is 2. The van der Waals surface area contributed by atoms with Crippen LogP contribution in [0.2, 0.25) is 0 Å². The number of nitrogens with one attached hydrogen (secondary N) is 1. The van der Waals surface area contributed by atoms with Gasteiger partial charge < -0.3 is 10.2 Å². The van der Waals surface area contributed by atoms with Gasteiger partial charge in [0, 0.05) is 25.7 Å². The van der Waals surface area contributed by atoms with Crippen LogP contribution < -0.4 is 5.32 Å². The minimum Gasteiger partial charge on any atom is -0.313 e. The molecule has 1 N–H and O–H groups in total. The van der Waals surface area contributed by atoms with Crippen LogP contribution >= 0.6 is 0 Å². The molecular weight excluding hydrogens is 232 g/mol. The zero-order valence-corrected chi connectivity index (χ0v) is 12.4. The third kappa shape index (κ3) is 4.32. The summed E-state index contributed by atoms with van der Waals surface area (Å²) < 4.78 is 0. The molecule has 106 valence electrons. The highest BCUT2D eigenvalue weighted by atomic mass is 15.2. The highest BCUT2D eigenvalue weighted by molar-refractivity contribution is 5.20. The van der Waals surface area contributed by atoms with Gasteiger partial charge in [0.05, 0.1) is 0 Å². The lowest BCUT2D eigenvalue weighted by Crippen LogP contribution is -2.35. The Morgan fingerprint density at radius 2 is 1.95 bits per heavy atom. The summed E-state index contributed by atoms with van der Waals surface area (Å²) in [5, 5.41) is 3.66. The summed E-state index contributed by atoms with van der Waals surface area (Å²) in [6.07, 6.45) is 3.79. The molecule has 1 saturated heterocycles. The third-order valence-electron chi connectivity index (χ3n) is 4.39. The quantitative estimate of drug-likeness (QED) is 0.809. The van der Waals surface area contributed by atoms with Crippen molar-refractivity contribution in [3.8, 4) is 0 Å². The monoisotopic (exact) mass is 260 g/mol. The van der Waals surface area contributed by atoms with Crippen molar-refractivity contribution in [2.75, 3.05) is 26.2 Å². The molecule has 1 atom stereocenters. The fourth-order valence-corrected chi connectivity index (χ4v) is 3.04. The Labute approximate surface area is 118 Å². The van der Waals surface area contributed by atoms with Crippen molar-refractivity contribution < 1.29 is 0 Å². The van der Waals surface area contributed by atoms with E-state index in [1.165, 1.54) is 44.5 Å². The Kier molecular flexibility index (Phi) is 5.87. The van der Waals surface area contributed by atoms with Crippen LogP contribution in [0.3, 0.4) is 0 Å². The Hall–Kier alpha value is -0.860. The number of nitrogens with zero attached hydrogens (tertiary/aromatic N) is 1. The second-order valence-electron chi connectivity index (χ2n) is 5.66. The summed E-state index contributed by atoms with van der Waals surface area (Å²) in [7, 11) is 0. The number of likely N-dealkylation sites (tertiary alicyclic amines) is 1. The van der Waals surface area contributed by atoms with Gasteiger partial charge in [-0.05, 0) is 37.3 Å². The molecular formula is C17H28N2. The average molecular weight is 260 g/mol. The fourth-order valence-electron chi connectivity index (χ4n) is 3.04. The zero-order valence-electron chi connectivity index (χ0n) is 12.4. The lowest BCUT2D eigenvalue weighted by Gasteiger charge is -2.19. The first-order valence-corrected chi connectivity index (χ1v) is 7.84. The molecule has 19 heavy (non-hydrogen) atoms. The normalized spacial score (nSPS) is 20.3. The second kappa shape index (κ2) is 7.66. The summed E-state index contributed by atoms with van der Waals surface area (Å²) in [6.45, 7) is 9.34. The van der Waals surface area contributed by atoms with Gasteiger partial charge in [0.1, 0.15) is 0 Å². The first-order chi connectivity index (χ1) is 9.33. The summed E-state index contributed by atoms with van der Waals surface area (Å²) in [6, 6.07) is 11.7. The van der Waals surface area contributed by atoms with Gasteiger partial charge in [-0.3, -0.25) is 0 Å². The molecule has 1 heterocycles. The van der Waals surface area contributed by atoms with E-state index in [0.29, 0.717) is 6.04 Å². The van der Waals surface area contributed by atoms with Crippen molar-refractivity contribution in [1.29, 1.82) is 0 Å². The van der Waals surface area contributed by atoms with Crippen LogP contribution in [0.5, 0.6) is 0 Å². The highest BCUT2D eigenvalue weighted by Crippen LogP contribution is 2.26. The first-order valence-electron chi connectivity index (χ1n) is 7.84. The van der Waals surface area contributed by atoms with Crippen LogP contribution in [-0.4, -0.2) is 37.1 Å². The lowest BCUT2D eigenvalue weighted by molar-refractivity contribution is 0.320. The largest absolute Gasteiger partial charge is 0.313 e. The predicted molar refractivity (Wildman–Crippen MR) is 82.6 cm³/mol. The van der Waals surface area contributed by atoms with E-state index in [4.69, 9.17) is 0 Å². The topological polar surface area (TPSA) is 15.3 Å². The summed E-state index contributed by atoms with van der Waals surface area (Å²) in [4.78, 5) is 2.60. The maximum absolute atomic E-state index is 3.66. The van der Waals surface area contributed by atoms with Crippen LogP contribution in [0.25, 0.3) is 0 Å². The predicted octanol–water partition coefficient (Wildman–Crippen LogP) is 3.25. The lowest BCUT2D eigenvalue weighted by atomic mass is 9.99. The standard InChI is InChI=1S/C17H28N2/c1-3-17(4-2)18-11-13-19-12-10-16(14-19)15-8-6-5-7-9-15/h5-9,16-18H,3-4,10-14H2,1-2H3. The van der Waals surface area contributed by atoms with Gasteiger partial charge in [0.2, 0.25) is 0 Å². The van der Waals surface area contributed by atoms with Crippen molar-refractivity contribution in [3.05, 3.63) is 35.9 Å². The Balaban J connectivity index is 1.71. The molecule has 1 aliphatic rings. The molecule has 1 unspecified atom stereocenters. The maximum Gasteiger partial charge on any atom is 0.0107 e. The number of rotatable bonds is 7. The molecule has 0 spiro atoms. The average Bonchev–Trinajstić information content (AvgIpc) is 2.93. The van der Waals surface area contributed by atoms with Crippen LogP contribution in [0, 0.1) is 0 Å². The second-order valence-corrected chi connectivity index (χ2v) is 5.66. The minimum absolute atomic E-state index is 0.701. The molecule has 2 heteroatoms. The van der Waals surface area contributed by atoms with E-state index in [1.807, 2.05) is 0 Å². The van der Waals surface area contributed by atoms with Crippen LogP contribution in [0.15, 0.2) is 30.3 Å². The SMILES string of the molecule is CCC(CC)NCCN1CCC(c2ccccc2)C1. The molecule has 0 aliphatic carbocycles. The van der Waals surface area contributed by atoms with Gasteiger partial charge in [0.15, 0.2) is 0 Å². The maximum atomic E-state index is 3.66. The van der Waals surface area contributed by atoms with Gasteiger partial charge in [-0.25, -0.2) is 0 Å². The Morgan fingerprint density at radius 1 is 1.21 bits per heavy atom. The van der Waals surface area contributed by atoms with E-state index < -0.39 is 0 Å². The first kappa shape index (κ1) is 14.5. The molecule has 1 aliphatic heterocycles. The molecule has 1 aromatic carbocycles. The van der Waals surface area contributed by atoms with Crippen molar-refractivity contribution >= 4 is 0 Å². The van der Waals surface area contributed by atoms with E-state index in [1.54, 1.807) is 0 Å². The van der Waals surface area contributed by atoms with Crippen LogP contribution in [0.4, 0.5) is 0 Å². The molecule has 0 amide bonds. The Morgan fingerprint density at radius 3 is 2.63 bits per heavy atom. The molecule has 0 aromatic heterocycles. The van der Waals surface area contributed by atoms with Gasteiger partial charge in [-0.15, -0.1) is 0 Å². The van der Waals surface area contributed by atoms with Crippen LogP contribution in [0.1, 0.15) is 44.6 Å². The number of benzene rings is 1. The molecule has 0 bridgehead atoms. The van der Waals surface area contributed by atoms with Gasteiger partial charge in [-0.2, -0.15) is 0 Å². The van der Waals surface area contributed by atoms with Gasteiger partial charge in [0.25, 0.3) is 0 Å². The molecule has 0 radical (unpaired) electrons. The molecule has 0 saturated carbocycles. The van der Waals surface area contributed by atoms with E-state index in [-0.39, 0.29) is 0 Å². The zero-order chi connectivity index (χ0) is 13.5. The molecule has 1 fully saturated rings. The van der Waals surface area contributed by atoms with E-state index in [9.17, 15) is 0 Å². The van der Waals surface area contributed by atoms with Crippen LogP contribution in [-0.2, 0) is 0 Å². The smallest absolute Gasteiger partial charge is 0.0107 e. The van der Waals surface area contributed by atoms with Crippen molar-refractivity contribution in [2.24, 2.45) is 0 Å². The fraction of sp³-hybridized carbons (Fsp3) is 0.647. The van der Waals surface area contributed by atoms with Gasteiger partial charge >= 0.3 is 0 Å². The van der Waals surface area contributed by atoms with E-state index in [0.717, 1.165) is 12.5 Å². The molecule has 2 rings (SSSR count). The molecule has 1 aromatic rings. The summed E-state index contributed by atoms with van der Waals surface area (Å²) in [5.74, 6) is 0.745. The van der Waals surface area contributed by atoms with E-state index >= 15 is 0 Å².